The Morgan fingerprint density at radius 1 is 1.00 bits per heavy atom. The first-order valence-electron chi connectivity index (χ1n) is 3.06. The fourth-order valence-corrected chi connectivity index (χ4v) is 0. The molecule has 13 heavy (non-hydrogen) atoms. The van der Waals surface area contributed by atoms with Gasteiger partial charge in [0.15, 0.2) is 0 Å². The van der Waals surface area contributed by atoms with Gasteiger partial charge in [-0.25, -0.2) is 0 Å². The molecule has 0 saturated heterocycles. The first kappa shape index (κ1) is 18.4. The fraction of sp³-hybridized carbons (Fsp3) is 0.667. The average Bonchev–Trinajstić information content (AvgIpc) is 1.88. The summed E-state index contributed by atoms with van der Waals surface area (Å²) >= 11 is 0. The van der Waals surface area contributed by atoms with Crippen LogP contribution in [-0.2, 0) is 9.59 Å². The van der Waals surface area contributed by atoms with E-state index in [-0.39, 0.29) is 23.9 Å². The van der Waals surface area contributed by atoms with E-state index < -0.39 is 24.1 Å². The Hall–Kier alpha value is -0.341. The van der Waals surface area contributed by atoms with E-state index in [1.54, 1.807) is 0 Å². The summed E-state index contributed by atoms with van der Waals surface area (Å²) in [6.45, 7) is 2.27. The number of carbonyl (C=O) groups is 2. The van der Waals surface area contributed by atoms with Gasteiger partial charge >= 0.3 is 23.9 Å². The summed E-state index contributed by atoms with van der Waals surface area (Å²) in [5, 5.41) is 34.6. The van der Waals surface area contributed by atoms with Gasteiger partial charge in [0.25, 0.3) is 0 Å². The van der Waals surface area contributed by atoms with Crippen LogP contribution in [0.3, 0.4) is 0 Å². The molecule has 0 spiro atoms. The molecule has 0 aromatic heterocycles. The Balaban J connectivity index is -0.000000143. The van der Waals surface area contributed by atoms with Crippen molar-refractivity contribution in [1.29, 1.82) is 0 Å². The predicted octanol–water partition coefficient (Wildman–Crippen LogP) is -4.15. The van der Waals surface area contributed by atoms with Crippen molar-refractivity contribution < 1.29 is 30.0 Å². The van der Waals surface area contributed by atoms with Crippen LogP contribution in [0.15, 0.2) is 0 Å². The van der Waals surface area contributed by atoms with Crippen LogP contribution in [0.4, 0.5) is 0 Å². The first-order valence-corrected chi connectivity index (χ1v) is 3.06. The first-order chi connectivity index (χ1) is 5.29. The fourth-order valence-electron chi connectivity index (χ4n) is 0. The third-order valence-corrected chi connectivity index (χ3v) is 0.682. The van der Waals surface area contributed by atoms with E-state index in [1.807, 2.05) is 0 Å². The molecule has 0 aliphatic rings. The van der Waals surface area contributed by atoms with E-state index in [9.17, 15) is 19.8 Å². The Labute approximate surface area is 92.1 Å². The van der Waals surface area contributed by atoms with Gasteiger partial charge in [0.1, 0.15) is 0 Å². The summed E-state index contributed by atoms with van der Waals surface area (Å²) in [5.74, 6) is -2.87. The molecule has 0 aliphatic carbocycles. The molecule has 2 atom stereocenters. The summed E-state index contributed by atoms with van der Waals surface area (Å²) < 4.78 is 0. The topological polar surface area (TPSA) is 121 Å². The molecule has 2 radical (unpaired) electrons. The maximum atomic E-state index is 9.34. The standard InChI is InChI=1S/2C3H6O3.Sn/c2*1-2(4)3(5)6;/h2*2,4H,1H3,(H,5,6);/q;;+2/p-2/t2*2-;/m11./s1. The molecule has 2 N–H and O–H groups in total. The number of carbonyl (C=O) groups excluding carboxylic acids is 2. The van der Waals surface area contributed by atoms with E-state index in [0.717, 1.165) is 13.8 Å². The molecule has 0 aliphatic heterocycles. The van der Waals surface area contributed by atoms with E-state index in [2.05, 4.69) is 0 Å². The molecule has 0 unspecified atom stereocenters. The Morgan fingerprint density at radius 3 is 1.08 bits per heavy atom. The zero-order valence-corrected chi connectivity index (χ0v) is 10.0. The van der Waals surface area contributed by atoms with Crippen LogP contribution in [0.1, 0.15) is 13.8 Å². The molecule has 0 aromatic rings. The molecule has 7 heteroatoms. The minimum absolute atomic E-state index is 0. The summed E-state index contributed by atoms with van der Waals surface area (Å²) in [6, 6.07) is 0. The monoisotopic (exact) mass is 298 g/mol. The van der Waals surface area contributed by atoms with E-state index in [4.69, 9.17) is 10.2 Å². The number of hydrogen-bond acceptors (Lipinski definition) is 6. The molecule has 0 aromatic carbocycles. The molecule has 0 bridgehead atoms. The normalized spacial score (nSPS) is 12.6. The van der Waals surface area contributed by atoms with Crippen molar-refractivity contribution in [2.45, 2.75) is 26.1 Å². The number of aliphatic hydroxyl groups is 2. The van der Waals surface area contributed by atoms with Crippen LogP contribution in [-0.4, -0.2) is 58.3 Å². The zero-order valence-electron chi connectivity index (χ0n) is 7.18. The number of hydrogen-bond donors (Lipinski definition) is 2. The van der Waals surface area contributed by atoms with Crippen molar-refractivity contribution in [2.75, 3.05) is 0 Å². The van der Waals surface area contributed by atoms with Crippen LogP contribution in [0.5, 0.6) is 0 Å². The zero-order chi connectivity index (χ0) is 10.3. The third kappa shape index (κ3) is 18.5. The predicted molar refractivity (Wildman–Crippen MR) is 39.1 cm³/mol. The summed E-state index contributed by atoms with van der Waals surface area (Å²) in [4.78, 5) is 18.7. The molecule has 74 valence electrons. The summed E-state index contributed by atoms with van der Waals surface area (Å²) in [6.07, 6.45) is -2.69. The number of aliphatic carboxylic acids is 2. The van der Waals surface area contributed by atoms with Gasteiger partial charge in [-0.3, -0.25) is 0 Å². The Kier molecular flexibility index (Phi) is 13.8. The van der Waals surface area contributed by atoms with Crippen LogP contribution in [0, 0.1) is 0 Å². The molecular formula is C6H10O6Sn. The van der Waals surface area contributed by atoms with Crippen molar-refractivity contribution in [1.82, 2.24) is 0 Å². The third-order valence-electron chi connectivity index (χ3n) is 0.682. The molecule has 0 heterocycles. The molecule has 0 amide bonds. The number of aliphatic hydroxyl groups excluding tert-OH is 2. The largest absolute Gasteiger partial charge is 2.00 e. The van der Waals surface area contributed by atoms with Gasteiger partial charge in [-0.2, -0.15) is 0 Å². The van der Waals surface area contributed by atoms with Crippen molar-refractivity contribution in [2.24, 2.45) is 0 Å². The summed E-state index contributed by atoms with van der Waals surface area (Å²) in [7, 11) is 0. The van der Waals surface area contributed by atoms with Crippen molar-refractivity contribution in [3.63, 3.8) is 0 Å². The maximum Gasteiger partial charge on any atom is 2.00 e. The minimum atomic E-state index is -1.44. The number of rotatable bonds is 2. The van der Waals surface area contributed by atoms with Gasteiger partial charge in [-0.05, 0) is 13.8 Å². The molecule has 0 saturated carbocycles. The van der Waals surface area contributed by atoms with E-state index in [0.29, 0.717) is 0 Å². The van der Waals surface area contributed by atoms with Crippen molar-refractivity contribution in [3.8, 4) is 0 Å². The van der Waals surface area contributed by atoms with Gasteiger partial charge < -0.3 is 30.0 Å². The quantitative estimate of drug-likeness (QED) is 0.499. The second kappa shape index (κ2) is 9.74. The number of carboxylic acid groups (broad SMARTS) is 2. The maximum absolute atomic E-state index is 9.34. The van der Waals surface area contributed by atoms with Gasteiger partial charge in [0.05, 0.1) is 24.1 Å². The average molecular weight is 297 g/mol. The second-order valence-electron chi connectivity index (χ2n) is 1.99. The van der Waals surface area contributed by atoms with E-state index >= 15 is 0 Å². The van der Waals surface area contributed by atoms with Crippen molar-refractivity contribution in [3.05, 3.63) is 0 Å². The van der Waals surface area contributed by atoms with Gasteiger partial charge in [0.2, 0.25) is 0 Å². The second-order valence-corrected chi connectivity index (χ2v) is 1.99. The van der Waals surface area contributed by atoms with Gasteiger partial charge in [-0.15, -0.1) is 0 Å². The molecule has 6 nitrogen and oxygen atoms in total. The van der Waals surface area contributed by atoms with E-state index in [1.165, 1.54) is 0 Å². The van der Waals surface area contributed by atoms with Crippen molar-refractivity contribution >= 4 is 35.8 Å². The van der Waals surface area contributed by atoms with Crippen LogP contribution in [0.2, 0.25) is 0 Å². The molecular weight excluding hydrogens is 287 g/mol. The molecule has 0 rings (SSSR count). The van der Waals surface area contributed by atoms with Gasteiger partial charge in [-0.1, -0.05) is 0 Å². The smallest absolute Gasteiger partial charge is 0.547 e. The minimum Gasteiger partial charge on any atom is -0.547 e. The Morgan fingerprint density at radius 2 is 1.08 bits per heavy atom. The SMILES string of the molecule is C[C@@H](O)C(=O)[O-].C[C@@H](O)C(=O)[O-].[Sn+2]. The van der Waals surface area contributed by atoms with Crippen LogP contribution in [0.25, 0.3) is 0 Å². The Bertz CT molecular complexity index is 137. The number of carboxylic acids is 2. The van der Waals surface area contributed by atoms with Gasteiger partial charge in [0, 0.05) is 0 Å². The molecule has 0 fully saturated rings. The summed E-state index contributed by atoms with van der Waals surface area (Å²) in [5.41, 5.74) is 0. The van der Waals surface area contributed by atoms with Crippen LogP contribution >= 0.6 is 0 Å². The van der Waals surface area contributed by atoms with Crippen LogP contribution < -0.4 is 10.2 Å².